The number of carbonyl (C=O) groups excluding carboxylic acids is 1. The summed E-state index contributed by atoms with van der Waals surface area (Å²) in [7, 11) is 0. The molecule has 6 heteroatoms. The van der Waals surface area contributed by atoms with Gasteiger partial charge in [0.1, 0.15) is 6.61 Å². The molecule has 0 spiro atoms. The van der Waals surface area contributed by atoms with Crippen LogP contribution in [-0.4, -0.2) is 55.0 Å². The van der Waals surface area contributed by atoms with Gasteiger partial charge in [-0.05, 0) is 6.42 Å². The Kier molecular flexibility index (Phi) is 4.18. The molecule has 1 heterocycles. The molecule has 0 radical (unpaired) electrons. The number of carboxylic acids is 1. The first-order valence-electron chi connectivity index (χ1n) is 4.41. The van der Waals surface area contributed by atoms with Crippen molar-refractivity contribution in [3.63, 3.8) is 0 Å². The van der Waals surface area contributed by atoms with Gasteiger partial charge in [0.2, 0.25) is 0 Å². The predicted octanol–water partition coefficient (Wildman–Crippen LogP) is -0.0701. The van der Waals surface area contributed by atoms with Gasteiger partial charge in [0, 0.05) is 13.1 Å². The highest BCUT2D eigenvalue weighted by Gasteiger charge is 2.18. The van der Waals surface area contributed by atoms with Crippen molar-refractivity contribution in [1.82, 2.24) is 4.90 Å². The van der Waals surface area contributed by atoms with Gasteiger partial charge in [0.25, 0.3) is 0 Å². The van der Waals surface area contributed by atoms with E-state index in [2.05, 4.69) is 0 Å². The van der Waals surface area contributed by atoms with Crippen molar-refractivity contribution >= 4 is 12.1 Å². The topological polar surface area (TPSA) is 76.1 Å². The first-order valence-corrected chi connectivity index (χ1v) is 4.41. The molecule has 1 aliphatic rings. The van der Waals surface area contributed by atoms with E-state index >= 15 is 0 Å². The van der Waals surface area contributed by atoms with Gasteiger partial charge >= 0.3 is 12.1 Å². The maximum absolute atomic E-state index is 11.1. The third kappa shape index (κ3) is 3.61. The summed E-state index contributed by atoms with van der Waals surface area (Å²) in [6.45, 7) is 1.39. The molecule has 0 saturated carbocycles. The van der Waals surface area contributed by atoms with E-state index in [-0.39, 0.29) is 19.3 Å². The monoisotopic (exact) mass is 203 g/mol. The molecular formula is C8H13NO5. The number of hydrogen-bond donors (Lipinski definition) is 1. The fourth-order valence-corrected chi connectivity index (χ4v) is 1.13. The molecule has 0 aromatic rings. The van der Waals surface area contributed by atoms with E-state index in [0.717, 1.165) is 6.42 Å². The Morgan fingerprint density at radius 1 is 1.64 bits per heavy atom. The van der Waals surface area contributed by atoms with Crippen LogP contribution in [0.25, 0.3) is 0 Å². The molecule has 0 aliphatic carbocycles. The average molecular weight is 203 g/mol. The van der Waals surface area contributed by atoms with Crippen LogP contribution in [0.5, 0.6) is 0 Å². The molecule has 80 valence electrons. The van der Waals surface area contributed by atoms with Crippen LogP contribution in [0.2, 0.25) is 0 Å². The second-order valence-corrected chi connectivity index (χ2v) is 2.90. The summed E-state index contributed by atoms with van der Waals surface area (Å²) in [6.07, 6.45) is 0.458. The molecule has 1 N–H and O–H groups in total. The number of aliphatic carboxylic acids is 1. The van der Waals surface area contributed by atoms with Crippen molar-refractivity contribution in [2.45, 2.75) is 6.42 Å². The maximum Gasteiger partial charge on any atom is 0.409 e. The SMILES string of the molecule is O=C(O)COCCN1CCCOC1=O. The van der Waals surface area contributed by atoms with Crippen LogP contribution >= 0.6 is 0 Å². The van der Waals surface area contributed by atoms with E-state index in [1.54, 1.807) is 0 Å². The minimum Gasteiger partial charge on any atom is -0.480 e. The summed E-state index contributed by atoms with van der Waals surface area (Å²) < 4.78 is 9.58. The molecule has 1 aliphatic heterocycles. The van der Waals surface area contributed by atoms with E-state index in [0.29, 0.717) is 19.7 Å². The third-order valence-electron chi connectivity index (χ3n) is 1.79. The number of rotatable bonds is 5. The van der Waals surface area contributed by atoms with Crippen LogP contribution in [0.1, 0.15) is 6.42 Å². The second-order valence-electron chi connectivity index (χ2n) is 2.90. The van der Waals surface area contributed by atoms with Gasteiger partial charge in [-0.15, -0.1) is 0 Å². The molecular weight excluding hydrogens is 190 g/mol. The van der Waals surface area contributed by atoms with Crippen molar-refractivity contribution in [3.8, 4) is 0 Å². The lowest BCUT2D eigenvalue weighted by atomic mass is 10.4. The van der Waals surface area contributed by atoms with Gasteiger partial charge in [-0.25, -0.2) is 9.59 Å². The summed E-state index contributed by atoms with van der Waals surface area (Å²) in [5, 5.41) is 8.27. The lowest BCUT2D eigenvalue weighted by Crippen LogP contribution is -2.39. The van der Waals surface area contributed by atoms with E-state index in [1.165, 1.54) is 4.90 Å². The lowest BCUT2D eigenvalue weighted by molar-refractivity contribution is -0.142. The van der Waals surface area contributed by atoms with E-state index < -0.39 is 5.97 Å². The Labute approximate surface area is 81.4 Å². The summed E-state index contributed by atoms with van der Waals surface area (Å²) in [5.41, 5.74) is 0. The summed E-state index contributed by atoms with van der Waals surface area (Å²) in [5.74, 6) is -1.01. The molecule has 1 fully saturated rings. The number of amides is 1. The summed E-state index contributed by atoms with van der Waals surface area (Å²) >= 11 is 0. The van der Waals surface area contributed by atoms with Gasteiger partial charge < -0.3 is 19.5 Å². The fraction of sp³-hybridized carbons (Fsp3) is 0.750. The van der Waals surface area contributed by atoms with E-state index in [1.807, 2.05) is 0 Å². The van der Waals surface area contributed by atoms with Gasteiger partial charge in [0.15, 0.2) is 0 Å². The van der Waals surface area contributed by atoms with Gasteiger partial charge in [-0.3, -0.25) is 0 Å². The highest BCUT2D eigenvalue weighted by Crippen LogP contribution is 2.03. The van der Waals surface area contributed by atoms with Gasteiger partial charge in [0.05, 0.1) is 13.2 Å². The van der Waals surface area contributed by atoms with Crippen LogP contribution < -0.4 is 0 Å². The van der Waals surface area contributed by atoms with Crippen LogP contribution in [0.15, 0.2) is 0 Å². The molecule has 6 nitrogen and oxygen atoms in total. The normalized spacial score (nSPS) is 16.6. The first-order chi connectivity index (χ1) is 6.70. The largest absolute Gasteiger partial charge is 0.480 e. The van der Waals surface area contributed by atoms with Gasteiger partial charge in [-0.1, -0.05) is 0 Å². The smallest absolute Gasteiger partial charge is 0.409 e. The second kappa shape index (κ2) is 5.43. The molecule has 14 heavy (non-hydrogen) atoms. The standard InChI is InChI=1S/C8H13NO5/c10-7(11)6-13-5-3-9-2-1-4-14-8(9)12/h1-6H2,(H,10,11). The molecule has 1 rings (SSSR count). The molecule has 0 unspecified atom stereocenters. The Morgan fingerprint density at radius 2 is 2.43 bits per heavy atom. The zero-order valence-electron chi connectivity index (χ0n) is 7.77. The first kappa shape index (κ1) is 10.8. The Morgan fingerprint density at radius 3 is 3.07 bits per heavy atom. The minimum atomic E-state index is -1.01. The van der Waals surface area contributed by atoms with E-state index in [9.17, 15) is 9.59 Å². The zero-order valence-corrected chi connectivity index (χ0v) is 7.77. The molecule has 0 atom stereocenters. The summed E-state index contributed by atoms with van der Waals surface area (Å²) in [6, 6.07) is 0. The Balaban J connectivity index is 2.10. The fourth-order valence-electron chi connectivity index (χ4n) is 1.13. The molecule has 0 aromatic heterocycles. The summed E-state index contributed by atoms with van der Waals surface area (Å²) in [4.78, 5) is 22.6. The highest BCUT2D eigenvalue weighted by molar-refractivity contribution is 5.68. The van der Waals surface area contributed by atoms with Crippen LogP contribution in [0.3, 0.4) is 0 Å². The van der Waals surface area contributed by atoms with Crippen LogP contribution in [-0.2, 0) is 14.3 Å². The average Bonchev–Trinajstić information content (AvgIpc) is 2.15. The van der Waals surface area contributed by atoms with E-state index in [4.69, 9.17) is 14.6 Å². The predicted molar refractivity (Wildman–Crippen MR) is 46.0 cm³/mol. The third-order valence-corrected chi connectivity index (χ3v) is 1.79. The van der Waals surface area contributed by atoms with Crippen molar-refractivity contribution in [1.29, 1.82) is 0 Å². The highest BCUT2D eigenvalue weighted by atomic mass is 16.6. The maximum atomic E-state index is 11.1. The molecule has 1 saturated heterocycles. The zero-order chi connectivity index (χ0) is 10.4. The number of carboxylic acid groups (broad SMARTS) is 1. The van der Waals surface area contributed by atoms with Crippen LogP contribution in [0.4, 0.5) is 4.79 Å². The number of cyclic esters (lactones) is 1. The number of hydrogen-bond acceptors (Lipinski definition) is 4. The number of ether oxygens (including phenoxy) is 2. The van der Waals surface area contributed by atoms with Crippen LogP contribution in [0, 0.1) is 0 Å². The van der Waals surface area contributed by atoms with Crippen molar-refractivity contribution in [2.24, 2.45) is 0 Å². The van der Waals surface area contributed by atoms with Crippen molar-refractivity contribution in [2.75, 3.05) is 32.9 Å². The quantitative estimate of drug-likeness (QED) is 0.633. The molecule has 1 amide bonds. The molecule has 0 aromatic carbocycles. The Bertz CT molecular complexity index is 218. The van der Waals surface area contributed by atoms with Crippen molar-refractivity contribution < 1.29 is 24.2 Å². The molecule has 0 bridgehead atoms. The van der Waals surface area contributed by atoms with Gasteiger partial charge in [-0.2, -0.15) is 0 Å². The Hall–Kier alpha value is -1.30. The number of carbonyl (C=O) groups is 2. The van der Waals surface area contributed by atoms with Crippen molar-refractivity contribution in [3.05, 3.63) is 0 Å². The lowest BCUT2D eigenvalue weighted by Gasteiger charge is -2.25. The minimum absolute atomic E-state index is 0.224. The number of nitrogens with zero attached hydrogens (tertiary/aromatic N) is 1.